The van der Waals surface area contributed by atoms with E-state index in [-0.39, 0.29) is 0 Å². The molecule has 0 aliphatic carbocycles. The van der Waals surface area contributed by atoms with E-state index in [1.165, 1.54) is 50.8 Å². The van der Waals surface area contributed by atoms with E-state index in [1.54, 1.807) is 7.11 Å². The van der Waals surface area contributed by atoms with Crippen LogP contribution in [0.25, 0.3) is 11.4 Å². The number of benzene rings is 1. The van der Waals surface area contributed by atoms with E-state index in [0.29, 0.717) is 12.1 Å². The molecule has 1 aromatic carbocycles. The van der Waals surface area contributed by atoms with E-state index < -0.39 is 0 Å². The van der Waals surface area contributed by atoms with Gasteiger partial charge in [0.05, 0.1) is 7.11 Å². The molecule has 0 bridgehead atoms. The third-order valence-corrected chi connectivity index (χ3v) is 5.68. The van der Waals surface area contributed by atoms with Crippen molar-refractivity contribution in [3.63, 3.8) is 0 Å². The summed E-state index contributed by atoms with van der Waals surface area (Å²) in [5.41, 5.74) is 2.22. The van der Waals surface area contributed by atoms with Crippen LogP contribution in [0.1, 0.15) is 37.7 Å². The molecule has 0 amide bonds. The molecule has 5 heteroatoms. The zero-order valence-corrected chi connectivity index (χ0v) is 15.5. The Kier molecular flexibility index (Phi) is 5.46. The predicted molar refractivity (Wildman–Crippen MR) is 103 cm³/mol. The fourth-order valence-electron chi connectivity index (χ4n) is 4.24. The second kappa shape index (κ2) is 8.14. The van der Waals surface area contributed by atoms with E-state index >= 15 is 0 Å². The molecule has 0 unspecified atom stereocenters. The van der Waals surface area contributed by atoms with Crippen LogP contribution < -0.4 is 10.1 Å². The highest BCUT2D eigenvalue weighted by atomic mass is 16.5. The molecule has 5 nitrogen and oxygen atoms in total. The first-order valence-electron chi connectivity index (χ1n) is 9.76. The van der Waals surface area contributed by atoms with E-state index in [2.05, 4.69) is 20.2 Å². The van der Waals surface area contributed by atoms with Crippen LogP contribution in [0.5, 0.6) is 5.75 Å². The standard InChI is InChI=1S/C21H28N4O/c1-26-18-8-6-17(7-9-18)21-23-13-16(14-24-21)15-25-12-10-19-20(25)5-3-2-4-11-22-19/h6-9,13-14,19-20,22H,2-5,10-12,15H2,1H3/t19-,20+/m0/s1. The minimum absolute atomic E-state index is 0.662. The number of likely N-dealkylation sites (tertiary alicyclic amines) is 1. The van der Waals surface area contributed by atoms with E-state index in [1.807, 2.05) is 36.7 Å². The van der Waals surface area contributed by atoms with Crippen LogP contribution in [-0.2, 0) is 6.54 Å². The van der Waals surface area contributed by atoms with Gasteiger partial charge in [-0.2, -0.15) is 0 Å². The van der Waals surface area contributed by atoms with Crippen molar-refractivity contribution in [1.29, 1.82) is 0 Å². The van der Waals surface area contributed by atoms with Gasteiger partial charge in [-0.15, -0.1) is 0 Å². The number of rotatable bonds is 4. The zero-order valence-electron chi connectivity index (χ0n) is 15.5. The molecule has 2 aliphatic heterocycles. The summed E-state index contributed by atoms with van der Waals surface area (Å²) in [7, 11) is 1.68. The lowest BCUT2D eigenvalue weighted by molar-refractivity contribution is 0.204. The van der Waals surface area contributed by atoms with Gasteiger partial charge in [0, 0.05) is 48.7 Å². The fourth-order valence-corrected chi connectivity index (χ4v) is 4.24. The third-order valence-electron chi connectivity index (χ3n) is 5.68. The Morgan fingerprint density at radius 1 is 1.08 bits per heavy atom. The predicted octanol–water partition coefficient (Wildman–Crippen LogP) is 3.26. The van der Waals surface area contributed by atoms with Gasteiger partial charge in [-0.05, 0) is 50.1 Å². The molecule has 1 N–H and O–H groups in total. The van der Waals surface area contributed by atoms with Gasteiger partial charge in [-0.3, -0.25) is 4.90 Å². The highest BCUT2D eigenvalue weighted by molar-refractivity contribution is 5.55. The van der Waals surface area contributed by atoms with Crippen molar-refractivity contribution in [2.45, 2.75) is 50.7 Å². The van der Waals surface area contributed by atoms with Gasteiger partial charge in [-0.1, -0.05) is 12.8 Å². The molecule has 0 radical (unpaired) electrons. The maximum absolute atomic E-state index is 5.21. The van der Waals surface area contributed by atoms with Crippen LogP contribution >= 0.6 is 0 Å². The molecule has 2 saturated heterocycles. The summed E-state index contributed by atoms with van der Waals surface area (Å²) in [6.45, 7) is 3.29. The van der Waals surface area contributed by atoms with Gasteiger partial charge < -0.3 is 10.1 Å². The lowest BCUT2D eigenvalue weighted by Crippen LogP contribution is -2.43. The summed E-state index contributed by atoms with van der Waals surface area (Å²) in [4.78, 5) is 11.8. The Hall–Kier alpha value is -1.98. The minimum atomic E-state index is 0.662. The number of fused-ring (bicyclic) bond motifs is 1. The lowest BCUT2D eigenvalue weighted by Gasteiger charge is -2.30. The van der Waals surface area contributed by atoms with E-state index in [9.17, 15) is 0 Å². The Balaban J connectivity index is 1.42. The summed E-state index contributed by atoms with van der Waals surface area (Å²) in [6.07, 6.45) is 10.6. The monoisotopic (exact) mass is 352 g/mol. The molecular weight excluding hydrogens is 324 g/mol. The van der Waals surface area contributed by atoms with Crippen molar-refractivity contribution < 1.29 is 4.74 Å². The number of hydrogen-bond acceptors (Lipinski definition) is 5. The van der Waals surface area contributed by atoms with Crippen LogP contribution in [0.15, 0.2) is 36.7 Å². The Morgan fingerprint density at radius 3 is 2.65 bits per heavy atom. The van der Waals surface area contributed by atoms with Crippen LogP contribution in [0.3, 0.4) is 0 Å². The van der Waals surface area contributed by atoms with Gasteiger partial charge in [0.1, 0.15) is 5.75 Å². The molecule has 3 heterocycles. The fraction of sp³-hybridized carbons (Fsp3) is 0.524. The van der Waals surface area contributed by atoms with Crippen molar-refractivity contribution in [2.75, 3.05) is 20.2 Å². The number of aromatic nitrogens is 2. The average Bonchev–Trinajstić information content (AvgIpc) is 3.02. The highest BCUT2D eigenvalue weighted by Crippen LogP contribution is 2.26. The zero-order chi connectivity index (χ0) is 17.8. The highest BCUT2D eigenvalue weighted by Gasteiger charge is 2.33. The van der Waals surface area contributed by atoms with Gasteiger partial charge in [-0.25, -0.2) is 9.97 Å². The van der Waals surface area contributed by atoms with Crippen molar-refractivity contribution in [3.8, 4) is 17.1 Å². The Bertz CT molecular complexity index is 701. The van der Waals surface area contributed by atoms with Gasteiger partial charge in [0.25, 0.3) is 0 Å². The van der Waals surface area contributed by atoms with Crippen molar-refractivity contribution in [1.82, 2.24) is 20.2 Å². The number of ether oxygens (including phenoxy) is 1. The molecule has 0 spiro atoms. The van der Waals surface area contributed by atoms with E-state index in [4.69, 9.17) is 4.74 Å². The number of nitrogens with zero attached hydrogens (tertiary/aromatic N) is 3. The summed E-state index contributed by atoms with van der Waals surface area (Å²) in [6, 6.07) is 9.21. The lowest BCUT2D eigenvalue weighted by atomic mass is 9.99. The first kappa shape index (κ1) is 17.4. The van der Waals surface area contributed by atoms with Gasteiger partial charge >= 0.3 is 0 Å². The second-order valence-electron chi connectivity index (χ2n) is 7.38. The summed E-state index contributed by atoms with van der Waals surface area (Å²) >= 11 is 0. The number of nitrogens with one attached hydrogen (secondary N) is 1. The van der Waals surface area contributed by atoms with Crippen molar-refractivity contribution in [2.24, 2.45) is 0 Å². The SMILES string of the molecule is COc1ccc(-c2ncc(CN3CC[C@@H]4NCCCCC[C@H]43)cn2)cc1. The van der Waals surface area contributed by atoms with E-state index in [0.717, 1.165) is 23.7 Å². The normalized spacial score (nSPS) is 23.9. The smallest absolute Gasteiger partial charge is 0.159 e. The molecular formula is C21H28N4O. The minimum Gasteiger partial charge on any atom is -0.497 e. The van der Waals surface area contributed by atoms with Gasteiger partial charge in [0.15, 0.2) is 5.82 Å². The van der Waals surface area contributed by atoms with Crippen molar-refractivity contribution >= 4 is 0 Å². The second-order valence-corrected chi connectivity index (χ2v) is 7.38. The molecule has 2 aromatic rings. The van der Waals surface area contributed by atoms with Crippen LogP contribution in [0.4, 0.5) is 0 Å². The van der Waals surface area contributed by atoms with Crippen molar-refractivity contribution in [3.05, 3.63) is 42.2 Å². The van der Waals surface area contributed by atoms with Crippen LogP contribution in [-0.4, -0.2) is 47.2 Å². The molecule has 2 aliphatic rings. The largest absolute Gasteiger partial charge is 0.497 e. The maximum Gasteiger partial charge on any atom is 0.159 e. The first-order chi connectivity index (χ1) is 12.8. The summed E-state index contributed by atoms with van der Waals surface area (Å²) in [5, 5.41) is 3.76. The van der Waals surface area contributed by atoms with Gasteiger partial charge in [0.2, 0.25) is 0 Å². The molecule has 1 aromatic heterocycles. The topological polar surface area (TPSA) is 50.3 Å². The first-order valence-corrected chi connectivity index (χ1v) is 9.76. The maximum atomic E-state index is 5.21. The molecule has 2 atom stereocenters. The number of hydrogen-bond donors (Lipinski definition) is 1. The third kappa shape index (κ3) is 3.89. The quantitative estimate of drug-likeness (QED) is 0.915. The molecule has 26 heavy (non-hydrogen) atoms. The number of methoxy groups -OCH3 is 1. The summed E-state index contributed by atoms with van der Waals surface area (Å²) in [5.74, 6) is 1.62. The molecule has 4 rings (SSSR count). The average molecular weight is 352 g/mol. The van der Waals surface area contributed by atoms with Crippen LogP contribution in [0.2, 0.25) is 0 Å². The Labute approximate surface area is 155 Å². The molecule has 138 valence electrons. The molecule has 2 fully saturated rings. The summed E-state index contributed by atoms with van der Waals surface area (Å²) < 4.78 is 5.21. The van der Waals surface area contributed by atoms with Crippen LogP contribution in [0, 0.1) is 0 Å². The Morgan fingerprint density at radius 2 is 1.88 bits per heavy atom. The molecule has 0 saturated carbocycles.